The van der Waals surface area contributed by atoms with E-state index in [4.69, 9.17) is 4.74 Å². The van der Waals surface area contributed by atoms with Gasteiger partial charge in [-0.2, -0.15) is 0 Å². The zero-order valence-corrected chi connectivity index (χ0v) is 9.43. The lowest BCUT2D eigenvalue weighted by molar-refractivity contribution is 0.144. The number of hydrogen-bond donors (Lipinski definition) is 0. The number of ether oxygens (including phenoxy) is 1. The second-order valence-electron chi connectivity index (χ2n) is 3.00. The summed E-state index contributed by atoms with van der Waals surface area (Å²) in [5, 5.41) is 0. The van der Waals surface area contributed by atoms with E-state index in [1.54, 1.807) is 14.1 Å². The minimum atomic E-state index is -3.01. The molecule has 0 fully saturated rings. The van der Waals surface area contributed by atoms with Gasteiger partial charge in [-0.25, -0.2) is 12.7 Å². The van der Waals surface area contributed by atoms with Crippen molar-refractivity contribution < 1.29 is 13.2 Å². The van der Waals surface area contributed by atoms with Crippen LogP contribution in [-0.4, -0.2) is 45.8 Å². The molecule has 13 heavy (non-hydrogen) atoms. The van der Waals surface area contributed by atoms with Crippen LogP contribution in [0.4, 0.5) is 0 Å². The van der Waals surface area contributed by atoms with Gasteiger partial charge >= 0.3 is 0 Å². The van der Waals surface area contributed by atoms with Crippen LogP contribution in [0.25, 0.3) is 0 Å². The van der Waals surface area contributed by atoms with Gasteiger partial charge in [0.1, 0.15) is 0 Å². The summed E-state index contributed by atoms with van der Waals surface area (Å²) in [6.07, 6.45) is 1.47. The average Bonchev–Trinajstić information content (AvgIpc) is 2.03. The van der Waals surface area contributed by atoms with Gasteiger partial charge in [0, 0.05) is 27.3 Å². The van der Waals surface area contributed by atoms with Gasteiger partial charge < -0.3 is 4.74 Å². The zero-order chi connectivity index (χ0) is 10.3. The van der Waals surface area contributed by atoms with Crippen molar-refractivity contribution in [1.82, 2.24) is 4.31 Å². The fraction of sp³-hybridized carbons (Fsp3) is 1.00. The van der Waals surface area contributed by atoms with Crippen LogP contribution in [-0.2, 0) is 14.8 Å². The Morgan fingerprint density at radius 1 is 1.23 bits per heavy atom. The lowest BCUT2D eigenvalue weighted by Crippen LogP contribution is -2.25. The van der Waals surface area contributed by atoms with Gasteiger partial charge in [0.2, 0.25) is 10.0 Å². The third-order valence-electron chi connectivity index (χ3n) is 1.70. The van der Waals surface area contributed by atoms with Crippen LogP contribution >= 0.6 is 0 Å². The Bertz CT molecular complexity index is 211. The van der Waals surface area contributed by atoms with Crippen LogP contribution < -0.4 is 0 Å². The third-order valence-corrected chi connectivity index (χ3v) is 3.62. The molecule has 0 aromatic rings. The van der Waals surface area contributed by atoms with E-state index in [0.29, 0.717) is 19.6 Å². The highest BCUT2D eigenvalue weighted by molar-refractivity contribution is 7.89. The predicted octanol–water partition coefficient (Wildman–Crippen LogP) is 0.695. The summed E-state index contributed by atoms with van der Waals surface area (Å²) in [5.41, 5.74) is 0. The predicted molar refractivity (Wildman–Crippen MR) is 53.2 cm³/mol. The summed E-state index contributed by atoms with van der Waals surface area (Å²) in [4.78, 5) is 0. The molecule has 0 saturated carbocycles. The molecule has 0 aromatic carbocycles. The molecular formula is C8H19NO3S. The minimum absolute atomic E-state index is 0.215. The maximum Gasteiger partial charge on any atom is 0.213 e. The van der Waals surface area contributed by atoms with Crippen molar-refractivity contribution in [3.8, 4) is 0 Å². The number of rotatable bonds is 7. The summed E-state index contributed by atoms with van der Waals surface area (Å²) in [6.45, 7) is 3.27. The van der Waals surface area contributed by atoms with Gasteiger partial charge in [0.05, 0.1) is 5.75 Å². The van der Waals surface area contributed by atoms with Crippen molar-refractivity contribution in [2.45, 2.75) is 19.8 Å². The molecule has 0 aliphatic rings. The third kappa shape index (κ3) is 6.01. The van der Waals surface area contributed by atoms with Crippen molar-refractivity contribution in [2.24, 2.45) is 0 Å². The Hall–Kier alpha value is -0.130. The number of unbranched alkanes of at least 4 members (excludes halogenated alkanes) is 1. The van der Waals surface area contributed by atoms with Crippen molar-refractivity contribution in [1.29, 1.82) is 0 Å². The highest BCUT2D eigenvalue weighted by Crippen LogP contribution is 1.99. The highest BCUT2D eigenvalue weighted by Gasteiger charge is 2.11. The first-order chi connectivity index (χ1) is 6.00. The van der Waals surface area contributed by atoms with Crippen molar-refractivity contribution in [2.75, 3.05) is 33.1 Å². The van der Waals surface area contributed by atoms with E-state index in [1.807, 2.05) is 6.92 Å². The molecule has 4 nitrogen and oxygen atoms in total. The smallest absolute Gasteiger partial charge is 0.213 e. The van der Waals surface area contributed by atoms with Gasteiger partial charge in [-0.05, 0) is 19.8 Å². The second kappa shape index (κ2) is 6.34. The van der Waals surface area contributed by atoms with E-state index in [-0.39, 0.29) is 5.75 Å². The molecule has 80 valence electrons. The van der Waals surface area contributed by atoms with Gasteiger partial charge in [-0.15, -0.1) is 0 Å². The Morgan fingerprint density at radius 2 is 1.85 bits per heavy atom. The van der Waals surface area contributed by atoms with Gasteiger partial charge in [-0.1, -0.05) is 0 Å². The average molecular weight is 209 g/mol. The monoisotopic (exact) mass is 209 g/mol. The Morgan fingerprint density at radius 3 is 2.31 bits per heavy atom. The minimum Gasteiger partial charge on any atom is -0.382 e. The van der Waals surface area contributed by atoms with Crippen LogP contribution in [0.5, 0.6) is 0 Å². The van der Waals surface area contributed by atoms with Crippen LogP contribution in [0.2, 0.25) is 0 Å². The Kier molecular flexibility index (Phi) is 6.28. The van der Waals surface area contributed by atoms with Crippen LogP contribution in [0, 0.1) is 0 Å². The van der Waals surface area contributed by atoms with Crippen LogP contribution in [0.1, 0.15) is 19.8 Å². The fourth-order valence-electron chi connectivity index (χ4n) is 0.815. The molecule has 0 atom stereocenters. The lowest BCUT2D eigenvalue weighted by atomic mass is 10.4. The first-order valence-corrected chi connectivity index (χ1v) is 6.09. The molecule has 0 radical (unpaired) electrons. The number of sulfonamides is 1. The maximum absolute atomic E-state index is 11.2. The molecule has 0 unspecified atom stereocenters. The zero-order valence-electron chi connectivity index (χ0n) is 8.62. The summed E-state index contributed by atoms with van der Waals surface area (Å²) in [7, 11) is 0.0993. The summed E-state index contributed by atoms with van der Waals surface area (Å²) >= 11 is 0. The molecule has 0 aromatic heterocycles. The molecule has 0 aliphatic heterocycles. The van der Waals surface area contributed by atoms with E-state index in [1.165, 1.54) is 4.31 Å². The quantitative estimate of drug-likeness (QED) is 0.580. The molecule has 0 aliphatic carbocycles. The van der Waals surface area contributed by atoms with Crippen molar-refractivity contribution in [3.05, 3.63) is 0 Å². The molecule has 0 spiro atoms. The normalized spacial score (nSPS) is 12.3. The first kappa shape index (κ1) is 12.9. The highest BCUT2D eigenvalue weighted by atomic mass is 32.2. The Balaban J connectivity index is 3.53. The van der Waals surface area contributed by atoms with Crippen molar-refractivity contribution >= 4 is 10.0 Å². The van der Waals surface area contributed by atoms with E-state index in [0.717, 1.165) is 6.42 Å². The molecule has 5 heteroatoms. The fourth-order valence-corrected chi connectivity index (χ4v) is 1.75. The van der Waals surface area contributed by atoms with Crippen molar-refractivity contribution in [3.63, 3.8) is 0 Å². The lowest BCUT2D eigenvalue weighted by Gasteiger charge is -2.10. The maximum atomic E-state index is 11.2. The largest absolute Gasteiger partial charge is 0.382 e. The SMILES string of the molecule is CCOCCCCS(=O)(=O)N(C)C. The van der Waals surface area contributed by atoms with E-state index < -0.39 is 10.0 Å². The molecule has 0 rings (SSSR count). The number of hydrogen-bond acceptors (Lipinski definition) is 3. The molecule has 0 bridgehead atoms. The molecule has 0 N–H and O–H groups in total. The summed E-state index contributed by atoms with van der Waals surface area (Å²) < 4.78 is 28.9. The van der Waals surface area contributed by atoms with Gasteiger partial charge in [-0.3, -0.25) is 0 Å². The molecule has 0 heterocycles. The molecule has 0 amide bonds. The Labute approximate surface area is 80.9 Å². The van der Waals surface area contributed by atoms with Gasteiger partial charge in [0.25, 0.3) is 0 Å². The molecular weight excluding hydrogens is 190 g/mol. The topological polar surface area (TPSA) is 46.6 Å². The summed E-state index contributed by atoms with van der Waals surface area (Å²) in [6, 6.07) is 0. The van der Waals surface area contributed by atoms with Crippen LogP contribution in [0.3, 0.4) is 0 Å². The standard InChI is InChI=1S/C8H19NO3S/c1-4-12-7-5-6-8-13(10,11)9(2)3/h4-8H2,1-3H3. The van der Waals surface area contributed by atoms with Crippen LogP contribution in [0.15, 0.2) is 0 Å². The number of nitrogens with zero attached hydrogens (tertiary/aromatic N) is 1. The van der Waals surface area contributed by atoms with Gasteiger partial charge in [0.15, 0.2) is 0 Å². The van der Waals surface area contributed by atoms with E-state index in [2.05, 4.69) is 0 Å². The van der Waals surface area contributed by atoms with E-state index >= 15 is 0 Å². The first-order valence-electron chi connectivity index (χ1n) is 4.48. The second-order valence-corrected chi connectivity index (χ2v) is 5.30. The molecule has 0 saturated heterocycles. The van der Waals surface area contributed by atoms with E-state index in [9.17, 15) is 8.42 Å². The summed E-state index contributed by atoms with van der Waals surface area (Å²) in [5.74, 6) is 0.215.